The Bertz CT molecular complexity index is 195. The zero-order valence-corrected chi connectivity index (χ0v) is 8.32. The van der Waals surface area contributed by atoms with Crippen LogP contribution in [0.2, 0.25) is 0 Å². The van der Waals surface area contributed by atoms with Crippen LogP contribution in [0, 0.1) is 0 Å². The van der Waals surface area contributed by atoms with Crippen LogP contribution in [0.15, 0.2) is 0 Å². The van der Waals surface area contributed by atoms with Crippen LogP contribution < -0.4 is 0 Å². The lowest BCUT2D eigenvalue weighted by Crippen LogP contribution is -2.37. The van der Waals surface area contributed by atoms with E-state index in [1.165, 1.54) is 0 Å². The van der Waals surface area contributed by atoms with E-state index >= 15 is 0 Å². The SMILES string of the molecule is CC1OC1(C)CC1OCCCC1O. The summed E-state index contributed by atoms with van der Waals surface area (Å²) in [7, 11) is 0. The smallest absolute Gasteiger partial charge is 0.0943 e. The van der Waals surface area contributed by atoms with Crippen molar-refractivity contribution in [1.29, 1.82) is 0 Å². The first kappa shape index (κ1) is 9.44. The highest BCUT2D eigenvalue weighted by atomic mass is 16.6. The number of aliphatic hydroxyl groups excluding tert-OH is 1. The molecule has 0 aromatic carbocycles. The van der Waals surface area contributed by atoms with Crippen LogP contribution in [0.1, 0.15) is 33.1 Å². The van der Waals surface area contributed by atoms with Gasteiger partial charge in [-0.25, -0.2) is 0 Å². The van der Waals surface area contributed by atoms with Gasteiger partial charge in [0.05, 0.1) is 23.9 Å². The molecule has 0 amide bonds. The highest BCUT2D eigenvalue weighted by Crippen LogP contribution is 2.41. The highest BCUT2D eigenvalue weighted by Gasteiger charge is 2.51. The van der Waals surface area contributed by atoms with E-state index in [9.17, 15) is 5.11 Å². The molecule has 0 aromatic rings. The van der Waals surface area contributed by atoms with Gasteiger partial charge in [0.2, 0.25) is 0 Å². The lowest BCUT2D eigenvalue weighted by molar-refractivity contribution is -0.0843. The van der Waals surface area contributed by atoms with Crippen LogP contribution in [-0.4, -0.2) is 35.6 Å². The van der Waals surface area contributed by atoms with Crippen molar-refractivity contribution >= 4 is 0 Å². The highest BCUT2D eigenvalue weighted by molar-refractivity contribution is 4.99. The van der Waals surface area contributed by atoms with E-state index in [0.717, 1.165) is 25.9 Å². The summed E-state index contributed by atoms with van der Waals surface area (Å²) < 4.78 is 11.0. The molecule has 2 fully saturated rings. The Hall–Kier alpha value is -0.120. The van der Waals surface area contributed by atoms with Gasteiger partial charge in [0.25, 0.3) is 0 Å². The predicted molar refractivity (Wildman–Crippen MR) is 48.5 cm³/mol. The van der Waals surface area contributed by atoms with Gasteiger partial charge in [-0.15, -0.1) is 0 Å². The van der Waals surface area contributed by atoms with Crippen molar-refractivity contribution < 1.29 is 14.6 Å². The van der Waals surface area contributed by atoms with Crippen molar-refractivity contribution in [3.63, 3.8) is 0 Å². The van der Waals surface area contributed by atoms with Gasteiger partial charge in [-0.2, -0.15) is 0 Å². The van der Waals surface area contributed by atoms with Gasteiger partial charge >= 0.3 is 0 Å². The number of ether oxygens (including phenoxy) is 2. The Morgan fingerprint density at radius 2 is 2.23 bits per heavy atom. The minimum atomic E-state index is -0.290. The minimum absolute atomic E-state index is 0.0105. The molecule has 0 bridgehead atoms. The maximum Gasteiger partial charge on any atom is 0.0943 e. The van der Waals surface area contributed by atoms with E-state index < -0.39 is 0 Å². The molecule has 2 aliphatic rings. The molecule has 13 heavy (non-hydrogen) atoms. The molecule has 76 valence electrons. The molecule has 0 spiro atoms. The number of hydrogen-bond acceptors (Lipinski definition) is 3. The monoisotopic (exact) mass is 186 g/mol. The summed E-state index contributed by atoms with van der Waals surface area (Å²) in [5, 5.41) is 9.67. The van der Waals surface area contributed by atoms with E-state index in [0.29, 0.717) is 6.10 Å². The summed E-state index contributed by atoms with van der Waals surface area (Å²) in [6, 6.07) is 0. The summed E-state index contributed by atoms with van der Waals surface area (Å²) in [5.41, 5.74) is -0.0387. The maximum absolute atomic E-state index is 9.67. The normalized spacial score (nSPS) is 50.5. The second-order valence-corrected chi connectivity index (χ2v) is 4.40. The van der Waals surface area contributed by atoms with Gasteiger partial charge in [0.15, 0.2) is 0 Å². The average molecular weight is 186 g/mol. The molecule has 2 rings (SSSR count). The van der Waals surface area contributed by atoms with Gasteiger partial charge < -0.3 is 14.6 Å². The molecule has 3 nitrogen and oxygen atoms in total. The first-order valence-electron chi connectivity index (χ1n) is 5.09. The van der Waals surface area contributed by atoms with E-state index in [1.807, 2.05) is 0 Å². The molecule has 0 saturated carbocycles. The van der Waals surface area contributed by atoms with E-state index in [-0.39, 0.29) is 17.8 Å². The fraction of sp³-hybridized carbons (Fsp3) is 1.00. The van der Waals surface area contributed by atoms with Gasteiger partial charge in [-0.05, 0) is 26.7 Å². The first-order valence-corrected chi connectivity index (χ1v) is 5.09. The zero-order chi connectivity index (χ0) is 9.47. The van der Waals surface area contributed by atoms with Crippen LogP contribution in [0.3, 0.4) is 0 Å². The number of epoxide rings is 1. The Morgan fingerprint density at radius 3 is 2.77 bits per heavy atom. The molecule has 0 radical (unpaired) electrons. The molecule has 2 saturated heterocycles. The van der Waals surface area contributed by atoms with Crippen molar-refractivity contribution in [2.75, 3.05) is 6.61 Å². The number of rotatable bonds is 2. The van der Waals surface area contributed by atoms with Gasteiger partial charge in [0, 0.05) is 13.0 Å². The summed E-state index contributed by atoms with van der Waals surface area (Å²) in [5.74, 6) is 0. The second kappa shape index (κ2) is 3.23. The topological polar surface area (TPSA) is 42.0 Å². The maximum atomic E-state index is 9.67. The Kier molecular flexibility index (Phi) is 2.34. The van der Waals surface area contributed by atoms with Crippen LogP contribution >= 0.6 is 0 Å². The number of hydrogen-bond donors (Lipinski definition) is 1. The lowest BCUT2D eigenvalue weighted by atomic mass is 9.94. The molecule has 4 atom stereocenters. The van der Waals surface area contributed by atoms with Crippen LogP contribution in [0.25, 0.3) is 0 Å². The van der Waals surface area contributed by atoms with Crippen LogP contribution in [0.5, 0.6) is 0 Å². The van der Waals surface area contributed by atoms with Gasteiger partial charge in [-0.3, -0.25) is 0 Å². The van der Waals surface area contributed by atoms with Crippen molar-refractivity contribution in [2.24, 2.45) is 0 Å². The Labute approximate surface area is 79.0 Å². The average Bonchev–Trinajstić information content (AvgIpc) is 2.65. The fourth-order valence-corrected chi connectivity index (χ4v) is 2.00. The molecule has 0 aliphatic carbocycles. The lowest BCUT2D eigenvalue weighted by Gasteiger charge is -2.29. The van der Waals surface area contributed by atoms with E-state index in [4.69, 9.17) is 9.47 Å². The van der Waals surface area contributed by atoms with Crippen molar-refractivity contribution in [3.8, 4) is 0 Å². The molecule has 2 heterocycles. The van der Waals surface area contributed by atoms with E-state index in [1.54, 1.807) is 0 Å². The van der Waals surface area contributed by atoms with Crippen LogP contribution in [0.4, 0.5) is 0 Å². The Morgan fingerprint density at radius 1 is 1.54 bits per heavy atom. The van der Waals surface area contributed by atoms with Gasteiger partial charge in [-0.1, -0.05) is 0 Å². The molecule has 0 aromatic heterocycles. The standard InChI is InChI=1S/C10H18O3/c1-7-10(2,13-7)6-9-8(11)4-3-5-12-9/h7-9,11H,3-6H2,1-2H3. The van der Waals surface area contributed by atoms with Crippen molar-refractivity contribution in [3.05, 3.63) is 0 Å². The summed E-state index contributed by atoms with van der Waals surface area (Å²) in [6.45, 7) is 4.93. The molecule has 4 unspecified atom stereocenters. The Balaban J connectivity index is 1.86. The molecular weight excluding hydrogens is 168 g/mol. The number of aliphatic hydroxyl groups is 1. The van der Waals surface area contributed by atoms with Crippen LogP contribution in [-0.2, 0) is 9.47 Å². The molecule has 2 aliphatic heterocycles. The van der Waals surface area contributed by atoms with Crippen molar-refractivity contribution in [1.82, 2.24) is 0 Å². The summed E-state index contributed by atoms with van der Waals surface area (Å²) in [6.07, 6.45) is 2.70. The summed E-state index contributed by atoms with van der Waals surface area (Å²) >= 11 is 0. The minimum Gasteiger partial charge on any atom is -0.390 e. The molecule has 1 N–H and O–H groups in total. The van der Waals surface area contributed by atoms with E-state index in [2.05, 4.69) is 13.8 Å². The molecule has 3 heteroatoms. The van der Waals surface area contributed by atoms with Crippen molar-refractivity contribution in [2.45, 2.75) is 57.0 Å². The zero-order valence-electron chi connectivity index (χ0n) is 8.32. The van der Waals surface area contributed by atoms with Gasteiger partial charge in [0.1, 0.15) is 0 Å². The third-order valence-electron chi connectivity index (χ3n) is 3.26. The quantitative estimate of drug-likeness (QED) is 0.656. The third kappa shape index (κ3) is 1.87. The fourth-order valence-electron chi connectivity index (χ4n) is 2.00. The predicted octanol–water partition coefficient (Wildman–Crippen LogP) is 1.09. The summed E-state index contributed by atoms with van der Waals surface area (Å²) in [4.78, 5) is 0. The molecular formula is C10H18O3. The third-order valence-corrected chi connectivity index (χ3v) is 3.26. The second-order valence-electron chi connectivity index (χ2n) is 4.40. The largest absolute Gasteiger partial charge is 0.390 e. The first-order chi connectivity index (χ1) is 6.12.